The molecule has 0 unspecified atom stereocenters. The van der Waals surface area contributed by atoms with Crippen molar-refractivity contribution >= 4 is 21.8 Å². The quantitative estimate of drug-likeness (QED) is 0.345. The minimum atomic E-state index is -3.56. The van der Waals surface area contributed by atoms with Crippen LogP contribution in [0.1, 0.15) is 37.0 Å². The molecule has 0 aliphatic carbocycles. The highest BCUT2D eigenvalue weighted by molar-refractivity contribution is 7.89. The topological polar surface area (TPSA) is 95.6 Å². The third kappa shape index (κ3) is 8.22. The molecule has 0 aromatic heterocycles. The summed E-state index contributed by atoms with van der Waals surface area (Å²) in [5, 5.41) is 2.84. The number of amides is 2. The molecular formula is C29H34FN3O4S. The van der Waals surface area contributed by atoms with E-state index in [4.69, 9.17) is 0 Å². The number of halogens is 1. The number of carbonyl (C=O) groups excluding carboxylic acids is 2. The molecule has 0 fully saturated rings. The van der Waals surface area contributed by atoms with Crippen LogP contribution in [0.15, 0.2) is 83.8 Å². The largest absolute Gasteiger partial charge is 0.355 e. The summed E-state index contributed by atoms with van der Waals surface area (Å²) in [7, 11) is -3.56. The molecule has 0 bridgehead atoms. The maximum Gasteiger partial charge on any atom is 0.243 e. The van der Waals surface area contributed by atoms with E-state index in [2.05, 4.69) is 10.0 Å². The zero-order valence-corrected chi connectivity index (χ0v) is 22.5. The summed E-state index contributed by atoms with van der Waals surface area (Å²) in [5.74, 6) is -0.869. The van der Waals surface area contributed by atoms with Crippen LogP contribution in [0.5, 0.6) is 0 Å². The highest BCUT2D eigenvalue weighted by atomic mass is 32.2. The molecule has 38 heavy (non-hydrogen) atoms. The van der Waals surface area contributed by atoms with Crippen LogP contribution >= 0.6 is 0 Å². The third-order valence-electron chi connectivity index (χ3n) is 6.08. The Morgan fingerprint density at radius 1 is 0.842 bits per heavy atom. The number of benzene rings is 3. The summed E-state index contributed by atoms with van der Waals surface area (Å²) in [6.45, 7) is 4.39. The lowest BCUT2D eigenvalue weighted by molar-refractivity contribution is -0.141. The molecule has 3 aromatic rings. The van der Waals surface area contributed by atoms with E-state index < -0.39 is 16.1 Å². The molecule has 0 aliphatic rings. The fraction of sp³-hybridized carbons (Fsp3) is 0.310. The van der Waals surface area contributed by atoms with Crippen LogP contribution in [0.2, 0.25) is 0 Å². The number of carbonyl (C=O) groups is 2. The molecule has 3 aromatic carbocycles. The standard InChI is InChI=1S/C29H34FN3O4S/c1-3-31-29(35)27(20-23-8-6-5-7-9-23)33(21-24-10-15-25(30)16-11-24)28(34)19-14-22-12-17-26(18-13-22)38(36,37)32-4-2/h5-13,15-18,27,32H,3-4,14,19-21H2,1-2H3,(H,31,35)/t27-/m0/s1. The smallest absolute Gasteiger partial charge is 0.243 e. The van der Waals surface area contributed by atoms with Crippen LogP contribution in [-0.2, 0) is 39.0 Å². The number of rotatable bonds is 13. The Morgan fingerprint density at radius 2 is 1.47 bits per heavy atom. The zero-order chi connectivity index (χ0) is 27.5. The van der Waals surface area contributed by atoms with Crippen molar-refractivity contribution in [3.05, 3.63) is 101 Å². The second-order valence-electron chi connectivity index (χ2n) is 8.89. The summed E-state index contributed by atoms with van der Waals surface area (Å²) in [4.78, 5) is 28.5. The van der Waals surface area contributed by atoms with Crippen molar-refractivity contribution in [2.45, 2.75) is 50.6 Å². The molecule has 0 saturated heterocycles. The molecule has 202 valence electrons. The average molecular weight is 540 g/mol. The Labute approximate surface area is 224 Å². The average Bonchev–Trinajstić information content (AvgIpc) is 2.91. The van der Waals surface area contributed by atoms with Crippen molar-refractivity contribution in [1.82, 2.24) is 14.9 Å². The van der Waals surface area contributed by atoms with E-state index in [9.17, 15) is 22.4 Å². The molecule has 0 heterocycles. The minimum absolute atomic E-state index is 0.116. The van der Waals surface area contributed by atoms with Crippen LogP contribution < -0.4 is 10.0 Å². The molecule has 2 N–H and O–H groups in total. The predicted molar refractivity (Wildman–Crippen MR) is 145 cm³/mol. The van der Waals surface area contributed by atoms with Crippen LogP contribution in [0.4, 0.5) is 4.39 Å². The predicted octanol–water partition coefficient (Wildman–Crippen LogP) is 3.83. The van der Waals surface area contributed by atoms with Gasteiger partial charge in [-0.05, 0) is 54.3 Å². The van der Waals surface area contributed by atoms with Gasteiger partial charge >= 0.3 is 0 Å². The van der Waals surface area contributed by atoms with Crippen molar-refractivity contribution in [1.29, 1.82) is 0 Å². The summed E-state index contributed by atoms with van der Waals surface area (Å²) < 4.78 is 40.4. The van der Waals surface area contributed by atoms with Gasteiger partial charge in [-0.3, -0.25) is 9.59 Å². The first kappa shape index (κ1) is 29.0. The van der Waals surface area contributed by atoms with Crippen LogP contribution in [0.25, 0.3) is 0 Å². The molecule has 9 heteroatoms. The van der Waals surface area contributed by atoms with Gasteiger partial charge in [-0.15, -0.1) is 0 Å². The van der Waals surface area contributed by atoms with Gasteiger partial charge in [-0.2, -0.15) is 0 Å². The first-order valence-corrected chi connectivity index (χ1v) is 14.2. The fourth-order valence-electron chi connectivity index (χ4n) is 4.14. The van der Waals surface area contributed by atoms with E-state index in [0.717, 1.165) is 11.1 Å². The molecule has 0 saturated carbocycles. The van der Waals surface area contributed by atoms with Crippen molar-refractivity contribution in [3.8, 4) is 0 Å². The highest BCUT2D eigenvalue weighted by Crippen LogP contribution is 2.18. The highest BCUT2D eigenvalue weighted by Gasteiger charge is 2.30. The second-order valence-corrected chi connectivity index (χ2v) is 10.7. The summed E-state index contributed by atoms with van der Waals surface area (Å²) in [6.07, 6.45) is 0.815. The van der Waals surface area contributed by atoms with Gasteiger partial charge in [0, 0.05) is 32.5 Å². The molecule has 1 atom stereocenters. The lowest BCUT2D eigenvalue weighted by atomic mass is 10.0. The Hall–Kier alpha value is -3.56. The van der Waals surface area contributed by atoms with Crippen molar-refractivity contribution in [2.24, 2.45) is 0 Å². The summed E-state index contributed by atoms with van der Waals surface area (Å²) in [5.41, 5.74) is 2.42. The third-order valence-corrected chi connectivity index (χ3v) is 7.65. The SMILES string of the molecule is CCNC(=O)[C@H](Cc1ccccc1)N(Cc1ccc(F)cc1)C(=O)CCc1ccc(S(=O)(=O)NCC)cc1. The lowest BCUT2D eigenvalue weighted by Crippen LogP contribution is -2.50. The van der Waals surface area contributed by atoms with Gasteiger partial charge in [-0.25, -0.2) is 17.5 Å². The number of hydrogen-bond donors (Lipinski definition) is 2. The molecule has 7 nitrogen and oxygen atoms in total. The van der Waals surface area contributed by atoms with Gasteiger partial charge in [-0.1, -0.05) is 61.5 Å². The fourth-order valence-corrected chi connectivity index (χ4v) is 5.18. The van der Waals surface area contributed by atoms with E-state index in [1.54, 1.807) is 36.1 Å². The van der Waals surface area contributed by atoms with Crippen LogP contribution in [0, 0.1) is 5.82 Å². The molecule has 0 radical (unpaired) electrons. The molecule has 3 rings (SSSR count). The number of nitrogens with one attached hydrogen (secondary N) is 2. The number of aryl methyl sites for hydroxylation is 1. The number of hydrogen-bond acceptors (Lipinski definition) is 4. The van der Waals surface area contributed by atoms with E-state index in [1.807, 2.05) is 37.3 Å². The van der Waals surface area contributed by atoms with Crippen LogP contribution in [0.3, 0.4) is 0 Å². The summed E-state index contributed by atoms with van der Waals surface area (Å²) >= 11 is 0. The molecule has 0 aliphatic heterocycles. The van der Waals surface area contributed by atoms with E-state index in [0.29, 0.717) is 24.9 Å². The van der Waals surface area contributed by atoms with Gasteiger partial charge in [0.15, 0.2) is 0 Å². The Kier molecular flexibility index (Phi) is 10.6. The second kappa shape index (κ2) is 13.8. The molecule has 2 amide bonds. The first-order valence-electron chi connectivity index (χ1n) is 12.7. The van der Waals surface area contributed by atoms with Crippen molar-refractivity contribution in [2.75, 3.05) is 13.1 Å². The van der Waals surface area contributed by atoms with Gasteiger partial charge < -0.3 is 10.2 Å². The van der Waals surface area contributed by atoms with Gasteiger partial charge in [0.25, 0.3) is 0 Å². The van der Waals surface area contributed by atoms with E-state index >= 15 is 0 Å². The Bertz CT molecular complexity index is 1300. The molecular weight excluding hydrogens is 505 g/mol. The monoisotopic (exact) mass is 539 g/mol. The molecule has 0 spiro atoms. The lowest BCUT2D eigenvalue weighted by Gasteiger charge is -2.31. The number of sulfonamides is 1. The minimum Gasteiger partial charge on any atom is -0.355 e. The van der Waals surface area contributed by atoms with Crippen molar-refractivity contribution in [3.63, 3.8) is 0 Å². The number of likely N-dealkylation sites (N-methyl/N-ethyl adjacent to an activating group) is 1. The first-order chi connectivity index (χ1) is 18.2. The normalized spacial score (nSPS) is 12.1. The maximum atomic E-state index is 13.6. The van der Waals surface area contributed by atoms with Gasteiger partial charge in [0.1, 0.15) is 11.9 Å². The Morgan fingerprint density at radius 3 is 2.08 bits per heavy atom. The van der Waals surface area contributed by atoms with Crippen molar-refractivity contribution < 1.29 is 22.4 Å². The number of nitrogens with zero attached hydrogens (tertiary/aromatic N) is 1. The van der Waals surface area contributed by atoms with E-state index in [-0.39, 0.29) is 42.0 Å². The van der Waals surface area contributed by atoms with Gasteiger partial charge in [0.2, 0.25) is 21.8 Å². The van der Waals surface area contributed by atoms with Gasteiger partial charge in [0.05, 0.1) is 4.90 Å². The van der Waals surface area contributed by atoms with Crippen LogP contribution in [-0.4, -0.2) is 44.3 Å². The Balaban J connectivity index is 1.84. The maximum absolute atomic E-state index is 13.6. The van der Waals surface area contributed by atoms with E-state index in [1.165, 1.54) is 24.3 Å². The summed E-state index contributed by atoms with van der Waals surface area (Å²) in [6, 6.07) is 21.0. The zero-order valence-electron chi connectivity index (χ0n) is 21.7.